The fraction of sp³-hybridized carbons (Fsp3) is 0.314. The molecule has 2 amide bonds. The van der Waals surface area contributed by atoms with Crippen molar-refractivity contribution in [2.24, 2.45) is 5.41 Å². The van der Waals surface area contributed by atoms with E-state index < -0.39 is 41.4 Å². The van der Waals surface area contributed by atoms with Gasteiger partial charge in [0.2, 0.25) is 17.7 Å². The van der Waals surface area contributed by atoms with Crippen LogP contribution in [0.3, 0.4) is 0 Å². The maximum atomic E-state index is 12.9. The minimum atomic E-state index is -4.60. The van der Waals surface area contributed by atoms with E-state index in [1.165, 1.54) is 0 Å². The molecule has 5 rings (SSSR count). The molecule has 0 radical (unpaired) electrons. The number of aromatic nitrogens is 3. The number of ether oxygens (including phenoxy) is 1. The fourth-order valence-corrected chi connectivity index (χ4v) is 5.00. The number of nitrogens with zero attached hydrogens (tertiary/aromatic N) is 3. The lowest BCUT2D eigenvalue weighted by atomic mass is 9.93. The van der Waals surface area contributed by atoms with E-state index in [2.05, 4.69) is 36.2 Å². The van der Waals surface area contributed by atoms with Gasteiger partial charge in [-0.3, -0.25) is 14.4 Å². The molecule has 50 heavy (non-hydrogen) atoms. The van der Waals surface area contributed by atoms with Gasteiger partial charge in [-0.05, 0) is 65.8 Å². The smallest absolute Gasteiger partial charge is 0.422 e. The average Bonchev–Trinajstić information content (AvgIpc) is 3.86. The molecule has 15 heteroatoms. The summed E-state index contributed by atoms with van der Waals surface area (Å²) in [5, 5.41) is 12.2. The van der Waals surface area contributed by atoms with Crippen LogP contribution in [0.15, 0.2) is 78.9 Å². The van der Waals surface area contributed by atoms with Crippen LogP contribution in [0.25, 0.3) is 0 Å². The van der Waals surface area contributed by atoms with Gasteiger partial charge in [-0.2, -0.15) is 28.1 Å². The van der Waals surface area contributed by atoms with Crippen LogP contribution < -0.4 is 26.0 Å². The Labute approximate surface area is 291 Å². The van der Waals surface area contributed by atoms with Crippen LogP contribution in [0, 0.1) is 5.41 Å². The number of halogens is 4. The number of anilines is 3. The molecule has 1 aliphatic rings. The van der Waals surface area contributed by atoms with Gasteiger partial charge in [0.05, 0.1) is 5.54 Å². The molecule has 1 heterocycles. The fourth-order valence-electron chi connectivity index (χ4n) is 4.87. The number of ketones is 1. The summed E-state index contributed by atoms with van der Waals surface area (Å²) in [6.07, 6.45) is -3.12. The minimum absolute atomic E-state index is 0.00193. The summed E-state index contributed by atoms with van der Waals surface area (Å²) in [4.78, 5) is 49.9. The normalized spacial score (nSPS) is 13.6. The molecule has 262 valence electrons. The zero-order valence-electron chi connectivity index (χ0n) is 27.2. The topological polar surface area (TPSA) is 147 Å². The lowest BCUT2D eigenvalue weighted by Gasteiger charge is -2.25. The zero-order chi connectivity index (χ0) is 35.9. The lowest BCUT2D eigenvalue weighted by molar-refractivity contribution is -0.154. The predicted molar refractivity (Wildman–Crippen MR) is 181 cm³/mol. The first-order valence-corrected chi connectivity index (χ1v) is 16.1. The largest absolute Gasteiger partial charge is 0.454 e. The van der Waals surface area contributed by atoms with Gasteiger partial charge in [0, 0.05) is 35.8 Å². The summed E-state index contributed by atoms with van der Waals surface area (Å²) in [5.74, 6) is -1.67. The van der Waals surface area contributed by atoms with Crippen molar-refractivity contribution in [3.8, 4) is 6.01 Å². The molecule has 0 atom stereocenters. The van der Waals surface area contributed by atoms with E-state index in [1.54, 1.807) is 60.7 Å². The maximum Gasteiger partial charge on any atom is 0.422 e. The Bertz CT molecular complexity index is 1820. The van der Waals surface area contributed by atoms with Crippen LogP contribution >= 0.6 is 11.6 Å². The molecule has 0 spiro atoms. The molecule has 1 aromatic heterocycles. The third-order valence-corrected chi connectivity index (χ3v) is 8.05. The maximum absolute atomic E-state index is 12.9. The van der Waals surface area contributed by atoms with Crippen LogP contribution in [-0.4, -0.2) is 58.4 Å². The summed E-state index contributed by atoms with van der Waals surface area (Å²) in [5.41, 5.74) is 1.36. The van der Waals surface area contributed by atoms with E-state index >= 15 is 0 Å². The van der Waals surface area contributed by atoms with Gasteiger partial charge in [-0.25, -0.2) is 0 Å². The first kappa shape index (κ1) is 36.1. The second-order valence-electron chi connectivity index (χ2n) is 12.7. The minimum Gasteiger partial charge on any atom is -0.454 e. The number of Topliss-reactive ketones (excluding diaryl/α,β-unsaturated/α-hetero) is 1. The highest BCUT2D eigenvalue weighted by Gasteiger charge is 2.45. The van der Waals surface area contributed by atoms with Crippen molar-refractivity contribution in [2.45, 2.75) is 44.8 Å². The van der Waals surface area contributed by atoms with Gasteiger partial charge in [0.1, 0.15) is 0 Å². The number of benzene rings is 3. The Balaban J connectivity index is 1.18. The third-order valence-electron chi connectivity index (χ3n) is 7.80. The number of nitrogens with one attached hydrogen (secondary N) is 4. The van der Waals surface area contributed by atoms with Crippen LogP contribution in [-0.2, 0) is 21.5 Å². The number of alkyl halides is 3. The van der Waals surface area contributed by atoms with Crippen molar-refractivity contribution >= 4 is 46.8 Å². The van der Waals surface area contributed by atoms with Crippen molar-refractivity contribution in [2.75, 3.05) is 30.3 Å². The number of hydrogen-bond acceptors (Lipinski definition) is 9. The van der Waals surface area contributed by atoms with E-state index in [4.69, 9.17) is 16.3 Å². The molecule has 0 saturated heterocycles. The van der Waals surface area contributed by atoms with E-state index in [-0.39, 0.29) is 37.3 Å². The summed E-state index contributed by atoms with van der Waals surface area (Å²) < 4.78 is 43.6. The van der Waals surface area contributed by atoms with Gasteiger partial charge in [-0.1, -0.05) is 67.9 Å². The molecule has 0 bridgehead atoms. The SMILES string of the molecule is CC(C)(CNC(=O)C(=O)Cc1ccccc1)CNC(=O)c1ccc(Nc2nc(NC3(c4ccc(Cl)cc4)CC3)nc(OCC(F)(F)F)n2)cc1. The highest BCUT2D eigenvalue weighted by Crippen LogP contribution is 2.48. The highest BCUT2D eigenvalue weighted by molar-refractivity contribution is 6.36. The molecule has 0 unspecified atom stereocenters. The van der Waals surface area contributed by atoms with Crippen LogP contribution in [0.4, 0.5) is 30.8 Å². The van der Waals surface area contributed by atoms with Crippen molar-refractivity contribution in [1.82, 2.24) is 25.6 Å². The Hall–Kier alpha value is -5.24. The Morgan fingerprint density at radius 3 is 2.12 bits per heavy atom. The number of amides is 2. The number of carbonyl (C=O) groups excluding carboxylic acids is 3. The Morgan fingerprint density at radius 2 is 1.48 bits per heavy atom. The zero-order valence-corrected chi connectivity index (χ0v) is 28.0. The molecule has 1 fully saturated rings. The first-order chi connectivity index (χ1) is 23.7. The second-order valence-corrected chi connectivity index (χ2v) is 13.1. The molecular weight excluding hydrogens is 675 g/mol. The van der Waals surface area contributed by atoms with Crippen molar-refractivity contribution < 1.29 is 32.3 Å². The molecule has 0 aliphatic heterocycles. The predicted octanol–water partition coefficient (Wildman–Crippen LogP) is 5.99. The Morgan fingerprint density at radius 1 is 0.840 bits per heavy atom. The van der Waals surface area contributed by atoms with Crippen LogP contribution in [0.1, 0.15) is 48.2 Å². The van der Waals surface area contributed by atoms with E-state index in [9.17, 15) is 27.6 Å². The summed E-state index contributed by atoms with van der Waals surface area (Å²) in [7, 11) is 0. The van der Waals surface area contributed by atoms with Crippen molar-refractivity contribution in [1.29, 1.82) is 0 Å². The second kappa shape index (κ2) is 15.1. The van der Waals surface area contributed by atoms with E-state index in [0.29, 0.717) is 16.3 Å². The number of rotatable bonds is 15. The van der Waals surface area contributed by atoms with E-state index in [1.807, 2.05) is 32.0 Å². The quantitative estimate of drug-likeness (QED) is 0.109. The molecule has 3 aromatic carbocycles. The summed E-state index contributed by atoms with van der Waals surface area (Å²) in [6, 6.07) is 21.9. The summed E-state index contributed by atoms with van der Waals surface area (Å²) >= 11 is 6.03. The van der Waals surface area contributed by atoms with Gasteiger partial charge in [0.15, 0.2) is 6.61 Å². The van der Waals surface area contributed by atoms with E-state index in [0.717, 1.165) is 24.0 Å². The standard InChI is InChI=1S/C35H35ClF3N7O4/c1-33(2,20-41-29(49)27(47)18-22-6-4-3-5-7-22)19-40-28(48)23-8-14-26(15-9-23)42-30-43-31(45-32(44-30)50-21-35(37,38)39)46-34(16-17-34)24-10-12-25(36)13-11-24/h3-15H,16-21H2,1-2H3,(H,40,48)(H,41,49)(H2,42,43,44,45,46). The molecule has 1 aliphatic carbocycles. The van der Waals surface area contributed by atoms with Gasteiger partial charge in [0.25, 0.3) is 11.8 Å². The van der Waals surface area contributed by atoms with Gasteiger partial charge < -0.3 is 26.0 Å². The summed E-state index contributed by atoms with van der Waals surface area (Å²) in [6.45, 7) is 2.46. The molecule has 4 N–H and O–H groups in total. The number of hydrogen-bond donors (Lipinski definition) is 4. The highest BCUT2D eigenvalue weighted by atomic mass is 35.5. The monoisotopic (exact) mass is 709 g/mol. The van der Waals surface area contributed by atoms with Crippen LogP contribution in [0.2, 0.25) is 5.02 Å². The number of carbonyl (C=O) groups is 3. The third kappa shape index (κ3) is 10.4. The van der Waals surface area contributed by atoms with Crippen molar-refractivity contribution in [3.63, 3.8) is 0 Å². The van der Waals surface area contributed by atoms with Gasteiger partial charge >= 0.3 is 12.2 Å². The Kier molecular flexibility index (Phi) is 10.9. The molecule has 11 nitrogen and oxygen atoms in total. The van der Waals surface area contributed by atoms with Gasteiger partial charge in [-0.15, -0.1) is 0 Å². The molecular formula is C35H35ClF3N7O4. The lowest BCUT2D eigenvalue weighted by Crippen LogP contribution is -2.44. The first-order valence-electron chi connectivity index (χ1n) is 15.7. The van der Waals surface area contributed by atoms with Crippen LogP contribution in [0.5, 0.6) is 6.01 Å². The van der Waals surface area contributed by atoms with Crippen molar-refractivity contribution in [3.05, 3.63) is 101 Å². The average molecular weight is 710 g/mol. The molecule has 4 aromatic rings. The molecule has 1 saturated carbocycles.